The number of carbonyl (C=O) groups excluding carboxylic acids is 1. The lowest BCUT2D eigenvalue weighted by Gasteiger charge is -2.33. The number of nitrogens with zero attached hydrogens (tertiary/aromatic N) is 2. The van der Waals surface area contributed by atoms with Crippen molar-refractivity contribution in [3.05, 3.63) is 47.2 Å². The summed E-state index contributed by atoms with van der Waals surface area (Å²) in [5, 5.41) is 7.09. The molecule has 1 fully saturated rings. The van der Waals surface area contributed by atoms with Crippen molar-refractivity contribution in [2.75, 3.05) is 25.5 Å². The van der Waals surface area contributed by atoms with Gasteiger partial charge < -0.3 is 10.6 Å². The zero-order valence-electron chi connectivity index (χ0n) is 14.2. The third-order valence-corrected chi connectivity index (χ3v) is 5.36. The van der Waals surface area contributed by atoms with Gasteiger partial charge in [-0.2, -0.15) is 4.37 Å². The Labute approximate surface area is 147 Å². The summed E-state index contributed by atoms with van der Waals surface area (Å²) in [6.45, 7) is 4.80. The number of anilines is 1. The Hall–Kier alpha value is -1.92. The van der Waals surface area contributed by atoms with Crippen LogP contribution >= 0.6 is 11.5 Å². The molecule has 0 bridgehead atoms. The standard InChI is InChI=1S/C18H24N4OS/c1-13-16(18(19-2)24-21-13)17(23)20-15-9-6-10-22(12-15)11-14-7-4-3-5-8-14/h3-5,7-8,15,19H,6,9-12H2,1-2H3,(H,20,23)/t15-/m0/s1. The number of amides is 1. The zero-order chi connectivity index (χ0) is 16.9. The third-order valence-electron chi connectivity index (χ3n) is 4.41. The van der Waals surface area contributed by atoms with E-state index in [-0.39, 0.29) is 11.9 Å². The number of likely N-dealkylation sites (tertiary alicyclic amines) is 1. The van der Waals surface area contributed by atoms with E-state index >= 15 is 0 Å². The van der Waals surface area contributed by atoms with Crippen LogP contribution in [0.1, 0.15) is 34.5 Å². The van der Waals surface area contributed by atoms with E-state index in [2.05, 4.69) is 44.2 Å². The fourth-order valence-electron chi connectivity index (χ4n) is 3.22. The van der Waals surface area contributed by atoms with Crippen LogP contribution in [0.2, 0.25) is 0 Å². The fraction of sp³-hybridized carbons (Fsp3) is 0.444. The van der Waals surface area contributed by atoms with Crippen LogP contribution in [0.3, 0.4) is 0 Å². The predicted molar refractivity (Wildman–Crippen MR) is 98.6 cm³/mol. The number of carbonyl (C=O) groups is 1. The number of aryl methyl sites for hydroxylation is 1. The minimum atomic E-state index is -0.0165. The van der Waals surface area contributed by atoms with E-state index in [1.807, 2.05) is 20.0 Å². The quantitative estimate of drug-likeness (QED) is 0.876. The maximum Gasteiger partial charge on any atom is 0.256 e. The minimum absolute atomic E-state index is 0.0165. The van der Waals surface area contributed by atoms with Crippen molar-refractivity contribution in [1.29, 1.82) is 0 Å². The number of benzene rings is 1. The van der Waals surface area contributed by atoms with Gasteiger partial charge in [0, 0.05) is 26.2 Å². The molecule has 2 heterocycles. The molecular formula is C18H24N4OS. The first-order valence-corrected chi connectivity index (χ1v) is 9.16. The van der Waals surface area contributed by atoms with Crippen LogP contribution in [-0.4, -0.2) is 41.4 Å². The highest BCUT2D eigenvalue weighted by atomic mass is 32.1. The Kier molecular flexibility index (Phi) is 5.48. The second kappa shape index (κ2) is 7.77. The van der Waals surface area contributed by atoms with Crippen LogP contribution in [0.5, 0.6) is 0 Å². The molecule has 0 unspecified atom stereocenters. The summed E-state index contributed by atoms with van der Waals surface area (Å²) in [5.74, 6) is -0.0165. The van der Waals surface area contributed by atoms with Crippen molar-refractivity contribution in [2.24, 2.45) is 0 Å². The Morgan fingerprint density at radius 2 is 2.17 bits per heavy atom. The van der Waals surface area contributed by atoms with Crippen molar-refractivity contribution in [3.8, 4) is 0 Å². The molecule has 24 heavy (non-hydrogen) atoms. The minimum Gasteiger partial charge on any atom is -0.378 e. The highest BCUT2D eigenvalue weighted by Gasteiger charge is 2.24. The summed E-state index contributed by atoms with van der Waals surface area (Å²) >= 11 is 1.34. The number of nitrogens with one attached hydrogen (secondary N) is 2. The normalized spacial score (nSPS) is 18.3. The molecule has 1 aliphatic heterocycles. The average Bonchev–Trinajstić information content (AvgIpc) is 2.97. The molecule has 0 saturated carbocycles. The summed E-state index contributed by atoms with van der Waals surface area (Å²) in [6, 6.07) is 10.7. The summed E-state index contributed by atoms with van der Waals surface area (Å²) in [6.07, 6.45) is 2.14. The van der Waals surface area contributed by atoms with E-state index in [9.17, 15) is 4.79 Å². The molecule has 1 atom stereocenters. The molecule has 1 saturated heterocycles. The molecular weight excluding hydrogens is 320 g/mol. The van der Waals surface area contributed by atoms with Gasteiger partial charge in [0.2, 0.25) is 0 Å². The van der Waals surface area contributed by atoms with E-state index in [1.54, 1.807) is 0 Å². The van der Waals surface area contributed by atoms with Gasteiger partial charge >= 0.3 is 0 Å². The van der Waals surface area contributed by atoms with Gasteiger partial charge in [-0.3, -0.25) is 9.69 Å². The SMILES string of the molecule is CNc1snc(C)c1C(=O)N[C@H]1CCCN(Cc2ccccc2)C1. The Morgan fingerprint density at radius 1 is 1.38 bits per heavy atom. The summed E-state index contributed by atoms with van der Waals surface area (Å²) in [5.41, 5.74) is 2.79. The molecule has 1 amide bonds. The molecule has 2 aromatic rings. The molecule has 6 heteroatoms. The van der Waals surface area contributed by atoms with Crippen molar-refractivity contribution in [1.82, 2.24) is 14.6 Å². The van der Waals surface area contributed by atoms with Gasteiger partial charge in [-0.05, 0) is 43.4 Å². The predicted octanol–water partition coefficient (Wildman–Crippen LogP) is 2.89. The fourth-order valence-corrected chi connectivity index (χ4v) is 3.97. The smallest absolute Gasteiger partial charge is 0.256 e. The molecule has 3 rings (SSSR count). The van der Waals surface area contributed by atoms with Gasteiger partial charge in [-0.1, -0.05) is 30.3 Å². The van der Waals surface area contributed by atoms with Crippen LogP contribution in [0.15, 0.2) is 30.3 Å². The average molecular weight is 344 g/mol. The van der Waals surface area contributed by atoms with E-state index in [0.717, 1.165) is 43.2 Å². The molecule has 1 aromatic heterocycles. The van der Waals surface area contributed by atoms with Crippen LogP contribution in [0.25, 0.3) is 0 Å². The monoisotopic (exact) mass is 344 g/mol. The van der Waals surface area contributed by atoms with Gasteiger partial charge in [0.15, 0.2) is 0 Å². The van der Waals surface area contributed by atoms with Gasteiger partial charge in [-0.15, -0.1) is 0 Å². The van der Waals surface area contributed by atoms with E-state index in [1.165, 1.54) is 17.1 Å². The second-order valence-corrected chi connectivity index (χ2v) is 7.03. The maximum absolute atomic E-state index is 12.6. The highest BCUT2D eigenvalue weighted by molar-refractivity contribution is 7.10. The van der Waals surface area contributed by atoms with Gasteiger partial charge in [-0.25, -0.2) is 0 Å². The van der Waals surface area contributed by atoms with Crippen molar-refractivity contribution in [3.63, 3.8) is 0 Å². The van der Waals surface area contributed by atoms with E-state index < -0.39 is 0 Å². The Balaban J connectivity index is 1.61. The largest absolute Gasteiger partial charge is 0.378 e. The van der Waals surface area contributed by atoms with E-state index in [4.69, 9.17) is 0 Å². The lowest BCUT2D eigenvalue weighted by molar-refractivity contribution is 0.0901. The topological polar surface area (TPSA) is 57.3 Å². The summed E-state index contributed by atoms with van der Waals surface area (Å²) in [4.78, 5) is 15.1. The number of hydrogen-bond donors (Lipinski definition) is 2. The van der Waals surface area contributed by atoms with Crippen LogP contribution in [-0.2, 0) is 6.54 Å². The maximum atomic E-state index is 12.6. The van der Waals surface area contributed by atoms with Crippen molar-refractivity contribution >= 4 is 22.4 Å². The second-order valence-electron chi connectivity index (χ2n) is 6.26. The van der Waals surface area contributed by atoms with Crippen molar-refractivity contribution < 1.29 is 4.79 Å². The molecule has 1 aromatic carbocycles. The first-order valence-electron chi connectivity index (χ1n) is 8.38. The van der Waals surface area contributed by atoms with Crippen LogP contribution in [0.4, 0.5) is 5.00 Å². The summed E-state index contributed by atoms with van der Waals surface area (Å²) in [7, 11) is 1.83. The summed E-state index contributed by atoms with van der Waals surface area (Å²) < 4.78 is 4.28. The Bertz CT molecular complexity index is 686. The van der Waals surface area contributed by atoms with Crippen molar-refractivity contribution in [2.45, 2.75) is 32.4 Å². The lowest BCUT2D eigenvalue weighted by atomic mass is 10.0. The molecule has 0 aliphatic carbocycles. The Morgan fingerprint density at radius 3 is 2.92 bits per heavy atom. The highest BCUT2D eigenvalue weighted by Crippen LogP contribution is 2.24. The van der Waals surface area contributed by atoms with Crippen LogP contribution < -0.4 is 10.6 Å². The van der Waals surface area contributed by atoms with Gasteiger partial charge in [0.1, 0.15) is 5.00 Å². The molecule has 5 nitrogen and oxygen atoms in total. The molecule has 128 valence electrons. The number of hydrogen-bond acceptors (Lipinski definition) is 5. The molecule has 0 radical (unpaired) electrons. The molecule has 1 aliphatic rings. The number of piperidine rings is 1. The molecule has 2 N–H and O–H groups in total. The lowest BCUT2D eigenvalue weighted by Crippen LogP contribution is -2.47. The first kappa shape index (κ1) is 16.9. The van der Waals surface area contributed by atoms with Gasteiger partial charge in [0.25, 0.3) is 5.91 Å². The first-order chi connectivity index (χ1) is 11.7. The molecule has 0 spiro atoms. The third kappa shape index (κ3) is 3.94. The number of aromatic nitrogens is 1. The van der Waals surface area contributed by atoms with E-state index in [0.29, 0.717) is 5.56 Å². The van der Waals surface area contributed by atoms with Crippen LogP contribution in [0, 0.1) is 6.92 Å². The van der Waals surface area contributed by atoms with Gasteiger partial charge in [0.05, 0.1) is 11.3 Å². The zero-order valence-corrected chi connectivity index (χ0v) is 15.0. The number of rotatable bonds is 5.